The molecule has 0 aromatic heterocycles. The maximum Gasteiger partial charge on any atom is 0.411 e. The van der Waals surface area contributed by atoms with E-state index in [2.05, 4.69) is 20.3 Å². The smallest absolute Gasteiger partial charge is 0.411 e. The summed E-state index contributed by atoms with van der Waals surface area (Å²) in [5.41, 5.74) is 0.677. The summed E-state index contributed by atoms with van der Waals surface area (Å²) >= 11 is 5.90. The van der Waals surface area contributed by atoms with Gasteiger partial charge in [0, 0.05) is 27.5 Å². The van der Waals surface area contributed by atoms with Crippen LogP contribution in [0.25, 0.3) is 10.8 Å². The molecule has 0 aliphatic rings. The maximum atomic E-state index is 11.6. The largest absolute Gasteiger partial charge is 0.506 e. The monoisotopic (exact) mass is 427 g/mol. The number of amides is 1. The Labute approximate surface area is 170 Å². The summed E-state index contributed by atoms with van der Waals surface area (Å²) in [7, 11) is 1.25. The minimum atomic E-state index is -0.656. The molecule has 0 atom stereocenters. The maximum absolute atomic E-state index is 11.6. The molecule has 0 saturated heterocycles. The fourth-order valence-electron chi connectivity index (χ4n) is 2.40. The predicted molar refractivity (Wildman–Crippen MR) is 98.9 cm³/mol. The molecule has 27 heavy (non-hydrogen) atoms. The first kappa shape index (κ1) is 20.5. The van der Waals surface area contributed by atoms with Crippen molar-refractivity contribution in [3.63, 3.8) is 0 Å². The third kappa shape index (κ3) is 4.49. The van der Waals surface area contributed by atoms with Crippen LogP contribution in [0.4, 0.5) is 21.9 Å². The van der Waals surface area contributed by atoms with Crippen molar-refractivity contribution in [2.45, 2.75) is 0 Å². The van der Waals surface area contributed by atoms with Crippen LogP contribution in [-0.4, -0.2) is 23.4 Å². The average Bonchev–Trinajstić information content (AvgIpc) is 2.63. The number of ether oxygens (including phenoxy) is 1. The Bertz CT molecular complexity index is 1030. The number of azo groups is 1. The van der Waals surface area contributed by atoms with Crippen LogP contribution in [-0.2, 0) is 21.8 Å². The molecule has 9 heteroatoms. The Morgan fingerprint density at radius 2 is 1.81 bits per heavy atom. The zero-order chi connectivity index (χ0) is 18.7. The Morgan fingerprint density at radius 1 is 1.07 bits per heavy atom. The number of phenolic OH excluding ortho intramolecular Hbond substituents is 2. The van der Waals surface area contributed by atoms with E-state index in [1.807, 2.05) is 0 Å². The molecule has 0 unspecified atom stereocenters. The van der Waals surface area contributed by atoms with Crippen molar-refractivity contribution in [3.05, 3.63) is 53.6 Å². The van der Waals surface area contributed by atoms with Gasteiger partial charge in [-0.1, -0.05) is 29.8 Å². The average molecular weight is 428 g/mol. The van der Waals surface area contributed by atoms with Crippen molar-refractivity contribution in [1.29, 1.82) is 0 Å². The van der Waals surface area contributed by atoms with Crippen molar-refractivity contribution in [2.75, 3.05) is 12.4 Å². The van der Waals surface area contributed by atoms with Gasteiger partial charge in [-0.15, -0.1) is 10.2 Å². The van der Waals surface area contributed by atoms with E-state index in [0.717, 1.165) is 5.39 Å². The molecule has 0 spiro atoms. The number of phenols is 2. The minimum Gasteiger partial charge on any atom is -0.506 e. The second-order valence-corrected chi connectivity index (χ2v) is 5.72. The fraction of sp³-hybridized carbons (Fsp3) is 0.0556. The van der Waals surface area contributed by atoms with Gasteiger partial charge in [-0.3, -0.25) is 5.32 Å². The zero-order valence-corrected chi connectivity index (χ0v) is 15.8. The molecular formula is C18H14ClFeN3O4. The number of fused-ring (bicyclic) bond motifs is 1. The van der Waals surface area contributed by atoms with E-state index in [1.165, 1.54) is 31.4 Å². The van der Waals surface area contributed by atoms with Crippen LogP contribution in [0.15, 0.2) is 58.8 Å². The summed E-state index contributed by atoms with van der Waals surface area (Å²) in [5.74, 6) is -0.243. The molecule has 3 aromatic rings. The second kappa shape index (κ2) is 8.72. The number of rotatable bonds is 3. The molecule has 0 aliphatic carbocycles. The van der Waals surface area contributed by atoms with Crippen LogP contribution in [0.3, 0.4) is 0 Å². The van der Waals surface area contributed by atoms with Gasteiger partial charge in [-0.25, -0.2) is 4.79 Å². The third-order valence-electron chi connectivity index (χ3n) is 3.61. The molecule has 0 aliphatic heterocycles. The second-order valence-electron chi connectivity index (χ2n) is 5.29. The van der Waals surface area contributed by atoms with Crippen molar-refractivity contribution in [1.82, 2.24) is 0 Å². The van der Waals surface area contributed by atoms with Crippen molar-refractivity contribution in [2.24, 2.45) is 10.2 Å². The quantitative estimate of drug-likeness (QED) is 0.379. The standard InChI is InChI=1S/C18H14ClN3O4.Fe/c1-26-18(25)20-12-4-2-3-10-5-7-15(24)17(16(10)12)22-21-13-9-11(19)6-8-14(13)23;/h2-9,23-24H,1H3,(H,20,25);. The molecule has 0 heterocycles. The van der Waals surface area contributed by atoms with Crippen LogP contribution in [0.5, 0.6) is 11.5 Å². The number of carbonyl (C=O) groups is 1. The molecule has 1 amide bonds. The van der Waals surface area contributed by atoms with E-state index in [-0.39, 0.29) is 39.9 Å². The van der Waals surface area contributed by atoms with Crippen molar-refractivity contribution < 1.29 is 36.8 Å². The van der Waals surface area contributed by atoms with E-state index in [4.69, 9.17) is 11.6 Å². The van der Waals surface area contributed by atoms with Gasteiger partial charge in [0.05, 0.1) is 12.8 Å². The number of anilines is 1. The fourth-order valence-corrected chi connectivity index (χ4v) is 2.56. The predicted octanol–water partition coefficient (Wildman–Crippen LogP) is 5.50. The van der Waals surface area contributed by atoms with Gasteiger partial charge in [-0.05, 0) is 35.7 Å². The van der Waals surface area contributed by atoms with Crippen LogP contribution < -0.4 is 5.32 Å². The van der Waals surface area contributed by atoms with Crippen molar-refractivity contribution >= 4 is 45.5 Å². The first-order chi connectivity index (χ1) is 12.5. The van der Waals surface area contributed by atoms with Gasteiger partial charge >= 0.3 is 6.09 Å². The summed E-state index contributed by atoms with van der Waals surface area (Å²) in [6, 6.07) is 12.7. The molecular weight excluding hydrogens is 414 g/mol. The number of halogens is 1. The van der Waals surface area contributed by atoms with Crippen LogP contribution in [0.2, 0.25) is 5.02 Å². The summed E-state index contributed by atoms with van der Waals surface area (Å²) in [6.07, 6.45) is -0.656. The third-order valence-corrected chi connectivity index (χ3v) is 3.85. The molecule has 3 N–H and O–H groups in total. The molecule has 0 radical (unpaired) electrons. The first-order valence-corrected chi connectivity index (χ1v) is 7.87. The number of benzene rings is 3. The minimum absolute atomic E-state index is 0. The summed E-state index contributed by atoms with van der Waals surface area (Å²) in [4.78, 5) is 11.6. The topological polar surface area (TPSA) is 104 Å². The molecule has 3 rings (SSSR count). The Balaban J connectivity index is 0.00000261. The van der Waals surface area contributed by atoms with Gasteiger partial charge < -0.3 is 14.9 Å². The van der Waals surface area contributed by atoms with E-state index in [0.29, 0.717) is 16.1 Å². The van der Waals surface area contributed by atoms with Gasteiger partial charge in [0.25, 0.3) is 0 Å². The number of nitrogens with zero attached hydrogens (tertiary/aromatic N) is 2. The molecule has 0 saturated carbocycles. The van der Waals surface area contributed by atoms with Crippen LogP contribution in [0, 0.1) is 0 Å². The number of hydrogen-bond donors (Lipinski definition) is 3. The molecule has 3 aromatic carbocycles. The van der Waals surface area contributed by atoms with Crippen LogP contribution in [0.1, 0.15) is 0 Å². The normalized spacial score (nSPS) is 10.6. The number of hydrogen-bond acceptors (Lipinski definition) is 6. The van der Waals surface area contributed by atoms with Crippen LogP contribution >= 0.6 is 11.6 Å². The number of nitrogens with one attached hydrogen (secondary N) is 1. The number of carbonyl (C=O) groups excluding carboxylic acids is 1. The van der Waals surface area contributed by atoms with Gasteiger partial charge in [0.15, 0.2) is 0 Å². The first-order valence-electron chi connectivity index (χ1n) is 7.49. The van der Waals surface area contributed by atoms with Gasteiger partial charge in [0.1, 0.15) is 22.9 Å². The number of aromatic hydroxyl groups is 2. The SMILES string of the molecule is COC(=O)Nc1cccc2ccc(O)c(N=Nc3cc(Cl)ccc3O)c12.[Fe]. The van der Waals surface area contributed by atoms with E-state index < -0.39 is 6.09 Å². The Hall–Kier alpha value is -2.80. The van der Waals surface area contributed by atoms with Crippen molar-refractivity contribution in [3.8, 4) is 11.5 Å². The molecule has 0 fully saturated rings. The Morgan fingerprint density at radius 3 is 2.56 bits per heavy atom. The number of methoxy groups -OCH3 is 1. The molecule has 7 nitrogen and oxygen atoms in total. The molecule has 140 valence electrons. The van der Waals surface area contributed by atoms with Gasteiger partial charge in [0.2, 0.25) is 0 Å². The van der Waals surface area contributed by atoms with Gasteiger partial charge in [-0.2, -0.15) is 0 Å². The zero-order valence-electron chi connectivity index (χ0n) is 14.0. The Kier molecular flexibility index (Phi) is 6.63. The summed E-state index contributed by atoms with van der Waals surface area (Å²) < 4.78 is 4.62. The molecule has 0 bridgehead atoms. The summed E-state index contributed by atoms with van der Waals surface area (Å²) in [6.45, 7) is 0. The van der Waals surface area contributed by atoms with E-state index in [9.17, 15) is 15.0 Å². The summed E-state index contributed by atoms with van der Waals surface area (Å²) in [5, 5.41) is 32.3. The van der Waals surface area contributed by atoms with E-state index in [1.54, 1.807) is 24.3 Å². The van der Waals surface area contributed by atoms with E-state index >= 15 is 0 Å².